The molecular formula is C18H14N2O2S2. The number of nitrogens with zero attached hydrogens (tertiary/aromatic N) is 1. The zero-order valence-electron chi connectivity index (χ0n) is 12.6. The summed E-state index contributed by atoms with van der Waals surface area (Å²) in [4.78, 5) is 13.1. The Morgan fingerprint density at radius 1 is 1.21 bits per heavy atom. The minimum Gasteiger partial charge on any atom is -0.378 e. The van der Waals surface area contributed by atoms with Crippen molar-refractivity contribution in [3.05, 3.63) is 80.2 Å². The third-order valence-electron chi connectivity index (χ3n) is 3.71. The Balaban J connectivity index is 1.79. The number of nitriles is 1. The van der Waals surface area contributed by atoms with Crippen LogP contribution in [0, 0.1) is 11.3 Å². The van der Waals surface area contributed by atoms with E-state index in [0.29, 0.717) is 11.1 Å². The van der Waals surface area contributed by atoms with Crippen LogP contribution in [0.25, 0.3) is 0 Å². The van der Waals surface area contributed by atoms with Crippen molar-refractivity contribution < 1.29 is 9.90 Å². The lowest BCUT2D eigenvalue weighted by molar-refractivity contribution is 0.0721. The second-order valence-electron chi connectivity index (χ2n) is 5.22. The molecule has 0 spiro atoms. The number of amides is 1. The second-order valence-corrected chi connectivity index (χ2v) is 6.95. The molecule has 2 N–H and O–H groups in total. The number of aliphatic hydroxyl groups is 1. The van der Waals surface area contributed by atoms with Gasteiger partial charge in [-0.05, 0) is 52.5 Å². The number of nitrogens with one attached hydrogen (secondary N) is 1. The maximum Gasteiger partial charge on any atom is 0.251 e. The van der Waals surface area contributed by atoms with Gasteiger partial charge in [-0.15, -0.1) is 11.3 Å². The lowest BCUT2D eigenvalue weighted by Crippen LogP contribution is -2.40. The van der Waals surface area contributed by atoms with Crippen LogP contribution in [0.5, 0.6) is 0 Å². The molecule has 6 heteroatoms. The van der Waals surface area contributed by atoms with E-state index in [1.807, 2.05) is 40.4 Å². The van der Waals surface area contributed by atoms with Gasteiger partial charge in [0.1, 0.15) is 5.60 Å². The summed E-state index contributed by atoms with van der Waals surface area (Å²) < 4.78 is 0. The molecule has 4 nitrogen and oxygen atoms in total. The van der Waals surface area contributed by atoms with Gasteiger partial charge in [0.15, 0.2) is 0 Å². The second kappa shape index (κ2) is 6.97. The van der Waals surface area contributed by atoms with Crippen molar-refractivity contribution in [2.45, 2.75) is 5.60 Å². The normalized spacial score (nSPS) is 13.0. The first-order valence-corrected chi connectivity index (χ1v) is 9.03. The van der Waals surface area contributed by atoms with Crippen molar-refractivity contribution in [3.63, 3.8) is 0 Å². The van der Waals surface area contributed by atoms with E-state index in [-0.39, 0.29) is 12.5 Å². The molecule has 1 unspecified atom stereocenters. The third kappa shape index (κ3) is 3.24. The topological polar surface area (TPSA) is 73.1 Å². The van der Waals surface area contributed by atoms with E-state index < -0.39 is 5.60 Å². The molecule has 3 rings (SSSR count). The molecule has 0 bridgehead atoms. The van der Waals surface area contributed by atoms with Crippen LogP contribution in [0.4, 0.5) is 0 Å². The van der Waals surface area contributed by atoms with E-state index in [2.05, 4.69) is 5.32 Å². The highest BCUT2D eigenvalue weighted by Crippen LogP contribution is 2.33. The molecule has 0 saturated heterocycles. The van der Waals surface area contributed by atoms with Crippen LogP contribution in [0.15, 0.2) is 58.6 Å². The molecular weight excluding hydrogens is 340 g/mol. The number of thiophene rings is 2. The highest BCUT2D eigenvalue weighted by molar-refractivity contribution is 7.10. The first-order valence-electron chi connectivity index (χ1n) is 7.21. The number of hydrogen-bond donors (Lipinski definition) is 2. The van der Waals surface area contributed by atoms with Crippen molar-refractivity contribution in [3.8, 4) is 6.07 Å². The predicted octanol–water partition coefficient (Wildman–Crippen LogP) is 3.35. The fourth-order valence-corrected chi connectivity index (χ4v) is 3.92. The van der Waals surface area contributed by atoms with Gasteiger partial charge in [0, 0.05) is 16.0 Å². The minimum absolute atomic E-state index is 0.0725. The monoisotopic (exact) mass is 354 g/mol. The zero-order chi connectivity index (χ0) is 17.0. The summed E-state index contributed by atoms with van der Waals surface area (Å²) in [6.07, 6.45) is 0. The smallest absolute Gasteiger partial charge is 0.251 e. The van der Waals surface area contributed by atoms with Gasteiger partial charge in [-0.25, -0.2) is 0 Å². The van der Waals surface area contributed by atoms with Crippen LogP contribution in [-0.4, -0.2) is 17.6 Å². The molecule has 2 heterocycles. The lowest BCUT2D eigenvalue weighted by atomic mass is 9.94. The van der Waals surface area contributed by atoms with E-state index >= 15 is 0 Å². The number of benzene rings is 1. The molecule has 1 atom stereocenters. The molecule has 0 aliphatic heterocycles. The molecule has 24 heavy (non-hydrogen) atoms. The number of carbonyl (C=O) groups is 1. The Bertz CT molecular complexity index is 813. The van der Waals surface area contributed by atoms with E-state index in [1.54, 1.807) is 24.3 Å². The Hall–Kier alpha value is -2.46. The first kappa shape index (κ1) is 16.4. The highest BCUT2D eigenvalue weighted by Gasteiger charge is 2.33. The molecule has 1 amide bonds. The predicted molar refractivity (Wildman–Crippen MR) is 95.1 cm³/mol. The quantitative estimate of drug-likeness (QED) is 0.738. The number of rotatable bonds is 5. The molecule has 0 fully saturated rings. The molecule has 0 aliphatic carbocycles. The van der Waals surface area contributed by atoms with Gasteiger partial charge in [0.25, 0.3) is 5.91 Å². The van der Waals surface area contributed by atoms with Crippen molar-refractivity contribution in [1.82, 2.24) is 5.32 Å². The summed E-state index contributed by atoms with van der Waals surface area (Å²) in [6.45, 7) is 0.0725. The van der Waals surface area contributed by atoms with Gasteiger partial charge in [-0.3, -0.25) is 4.79 Å². The average molecular weight is 354 g/mol. The van der Waals surface area contributed by atoms with Crippen LogP contribution in [0.3, 0.4) is 0 Å². The first-order chi connectivity index (χ1) is 11.6. The fourth-order valence-electron chi connectivity index (χ4n) is 2.35. The summed E-state index contributed by atoms with van der Waals surface area (Å²) >= 11 is 2.95. The van der Waals surface area contributed by atoms with Crippen LogP contribution in [0.1, 0.15) is 26.4 Å². The molecule has 0 saturated carbocycles. The molecule has 2 aromatic heterocycles. The molecule has 0 aliphatic rings. The van der Waals surface area contributed by atoms with E-state index in [1.165, 1.54) is 22.7 Å². The maximum absolute atomic E-state index is 12.3. The number of hydrogen-bond acceptors (Lipinski definition) is 5. The van der Waals surface area contributed by atoms with Crippen LogP contribution in [-0.2, 0) is 5.60 Å². The Kier molecular flexibility index (Phi) is 4.76. The van der Waals surface area contributed by atoms with Crippen LogP contribution in [0.2, 0.25) is 0 Å². The summed E-state index contributed by atoms with van der Waals surface area (Å²) in [5.74, 6) is -0.287. The zero-order valence-corrected chi connectivity index (χ0v) is 14.2. The average Bonchev–Trinajstić information content (AvgIpc) is 3.33. The van der Waals surface area contributed by atoms with Gasteiger partial charge in [-0.2, -0.15) is 16.6 Å². The van der Waals surface area contributed by atoms with Gasteiger partial charge in [0.05, 0.1) is 18.2 Å². The van der Waals surface area contributed by atoms with Gasteiger partial charge in [-0.1, -0.05) is 6.07 Å². The lowest BCUT2D eigenvalue weighted by Gasteiger charge is -2.27. The molecule has 1 aromatic carbocycles. The van der Waals surface area contributed by atoms with Crippen molar-refractivity contribution in [2.24, 2.45) is 0 Å². The van der Waals surface area contributed by atoms with Crippen molar-refractivity contribution in [1.29, 1.82) is 5.26 Å². The summed E-state index contributed by atoms with van der Waals surface area (Å²) in [6, 6.07) is 14.0. The Morgan fingerprint density at radius 2 is 2.00 bits per heavy atom. The maximum atomic E-state index is 12.3. The Labute approximate surface area is 147 Å². The SMILES string of the molecule is N#Cc1ccc(C(=O)NCC(O)(c2ccsc2)c2cccs2)cc1. The third-order valence-corrected chi connectivity index (χ3v) is 5.41. The number of carbonyl (C=O) groups excluding carboxylic acids is 1. The van der Waals surface area contributed by atoms with Crippen LogP contribution >= 0.6 is 22.7 Å². The van der Waals surface area contributed by atoms with E-state index in [4.69, 9.17) is 5.26 Å². The summed E-state index contributed by atoms with van der Waals surface area (Å²) in [5, 5.41) is 28.4. The van der Waals surface area contributed by atoms with Gasteiger partial charge in [0.2, 0.25) is 0 Å². The largest absolute Gasteiger partial charge is 0.378 e. The highest BCUT2D eigenvalue weighted by atomic mass is 32.1. The van der Waals surface area contributed by atoms with Gasteiger partial charge >= 0.3 is 0 Å². The Morgan fingerprint density at radius 3 is 2.58 bits per heavy atom. The molecule has 0 radical (unpaired) electrons. The van der Waals surface area contributed by atoms with Crippen LogP contribution < -0.4 is 5.32 Å². The minimum atomic E-state index is -1.25. The summed E-state index contributed by atoms with van der Waals surface area (Å²) in [5.41, 5.74) is 0.457. The van der Waals surface area contributed by atoms with Crippen molar-refractivity contribution >= 4 is 28.6 Å². The fraction of sp³-hybridized carbons (Fsp3) is 0.111. The van der Waals surface area contributed by atoms with E-state index in [9.17, 15) is 9.90 Å². The van der Waals surface area contributed by atoms with Crippen molar-refractivity contribution in [2.75, 3.05) is 6.54 Å². The van der Waals surface area contributed by atoms with E-state index in [0.717, 1.165) is 10.4 Å². The standard InChI is InChI=1S/C18H14N2O2S2/c19-10-13-3-5-14(6-4-13)17(21)20-12-18(22,15-7-9-23-11-15)16-2-1-8-24-16/h1-9,11,22H,12H2,(H,20,21). The molecule has 120 valence electrons. The molecule has 3 aromatic rings. The van der Waals surface area contributed by atoms with Gasteiger partial charge < -0.3 is 10.4 Å². The summed E-state index contributed by atoms with van der Waals surface area (Å²) in [7, 11) is 0.